The number of terminal acetylenes is 1. The number of rotatable bonds is 3. The molecule has 1 unspecified atom stereocenters. The van der Waals surface area contributed by atoms with Gasteiger partial charge in [0.05, 0.1) is 4.90 Å². The molecule has 1 saturated heterocycles. The highest BCUT2D eigenvalue weighted by Gasteiger charge is 2.29. The third kappa shape index (κ3) is 2.62. The van der Waals surface area contributed by atoms with Crippen molar-refractivity contribution >= 4 is 21.6 Å². The molecule has 1 atom stereocenters. The van der Waals surface area contributed by atoms with Crippen LogP contribution < -0.4 is 9.62 Å². The Morgan fingerprint density at radius 3 is 2.47 bits per heavy atom. The predicted molar refractivity (Wildman–Crippen MR) is 72.0 cm³/mol. The second-order valence-electron chi connectivity index (χ2n) is 4.27. The minimum Gasteiger partial charge on any atom is -0.311 e. The van der Waals surface area contributed by atoms with Gasteiger partial charge in [0.1, 0.15) is 0 Å². The molecule has 1 fully saturated rings. The van der Waals surface area contributed by atoms with Crippen LogP contribution in [0.25, 0.3) is 0 Å². The second-order valence-corrected chi connectivity index (χ2v) is 6.16. The van der Waals surface area contributed by atoms with E-state index < -0.39 is 10.0 Å². The summed E-state index contributed by atoms with van der Waals surface area (Å²) in [6.45, 7) is 0.480. The Morgan fingerprint density at radius 1 is 1.37 bits per heavy atom. The van der Waals surface area contributed by atoms with Crippen molar-refractivity contribution in [3.8, 4) is 12.3 Å². The predicted octanol–water partition coefficient (Wildman–Crippen LogP) is 0.581. The Labute approximate surface area is 112 Å². The number of amides is 1. The van der Waals surface area contributed by atoms with Gasteiger partial charge in [0.2, 0.25) is 15.9 Å². The first-order valence-electron chi connectivity index (χ1n) is 5.78. The summed E-state index contributed by atoms with van der Waals surface area (Å²) in [5.41, 5.74) is 0.665. The van der Waals surface area contributed by atoms with E-state index in [0.29, 0.717) is 18.7 Å². The molecule has 1 amide bonds. The van der Waals surface area contributed by atoms with E-state index in [-0.39, 0.29) is 16.7 Å². The van der Waals surface area contributed by atoms with Crippen LogP contribution in [-0.4, -0.2) is 27.9 Å². The maximum absolute atomic E-state index is 11.8. The van der Waals surface area contributed by atoms with Crippen molar-refractivity contribution in [1.29, 1.82) is 0 Å². The van der Waals surface area contributed by atoms with Gasteiger partial charge in [0.15, 0.2) is 0 Å². The van der Waals surface area contributed by atoms with E-state index in [9.17, 15) is 13.2 Å². The molecule has 1 aliphatic heterocycles. The van der Waals surface area contributed by atoms with Gasteiger partial charge in [-0.1, -0.05) is 0 Å². The van der Waals surface area contributed by atoms with Crippen molar-refractivity contribution in [2.24, 2.45) is 5.92 Å². The van der Waals surface area contributed by atoms with Crippen LogP contribution in [0.1, 0.15) is 6.42 Å². The zero-order chi connectivity index (χ0) is 14.0. The Morgan fingerprint density at radius 2 is 2.00 bits per heavy atom. The van der Waals surface area contributed by atoms with Crippen LogP contribution in [0, 0.1) is 18.3 Å². The quantitative estimate of drug-likeness (QED) is 0.823. The first-order chi connectivity index (χ1) is 8.97. The van der Waals surface area contributed by atoms with Crippen LogP contribution in [0.5, 0.6) is 0 Å². The largest absolute Gasteiger partial charge is 0.311 e. The first-order valence-corrected chi connectivity index (χ1v) is 7.26. The van der Waals surface area contributed by atoms with E-state index >= 15 is 0 Å². The summed E-state index contributed by atoms with van der Waals surface area (Å²) in [7, 11) is -2.10. The molecule has 6 heteroatoms. The molecule has 2 rings (SSSR count). The molecule has 0 aliphatic carbocycles. The van der Waals surface area contributed by atoms with Crippen molar-refractivity contribution in [2.75, 3.05) is 18.5 Å². The SMILES string of the molecule is C#CC1CC(=O)N(c2ccc(S(=O)(=O)NC)cc2)C1. The molecule has 0 spiro atoms. The van der Waals surface area contributed by atoms with E-state index in [0.717, 1.165) is 0 Å². The lowest BCUT2D eigenvalue weighted by atomic mass is 10.1. The lowest BCUT2D eigenvalue weighted by molar-refractivity contribution is -0.117. The zero-order valence-corrected chi connectivity index (χ0v) is 11.3. The molecule has 0 bridgehead atoms. The van der Waals surface area contributed by atoms with Crippen molar-refractivity contribution in [3.63, 3.8) is 0 Å². The average Bonchev–Trinajstić information content (AvgIpc) is 2.80. The van der Waals surface area contributed by atoms with Crippen LogP contribution >= 0.6 is 0 Å². The van der Waals surface area contributed by atoms with Crippen molar-refractivity contribution in [2.45, 2.75) is 11.3 Å². The summed E-state index contributed by atoms with van der Waals surface area (Å²) in [4.78, 5) is 13.5. The van der Waals surface area contributed by atoms with Gasteiger partial charge in [0.25, 0.3) is 0 Å². The lowest BCUT2D eigenvalue weighted by Gasteiger charge is -2.16. The van der Waals surface area contributed by atoms with E-state index in [1.54, 1.807) is 17.0 Å². The number of carbonyl (C=O) groups is 1. The Kier molecular flexibility index (Phi) is 3.60. The van der Waals surface area contributed by atoms with Gasteiger partial charge in [-0.25, -0.2) is 13.1 Å². The Balaban J connectivity index is 2.25. The number of carbonyl (C=O) groups excluding carboxylic acids is 1. The molecule has 0 aromatic heterocycles. The monoisotopic (exact) mass is 278 g/mol. The molecule has 1 aromatic rings. The number of benzene rings is 1. The van der Waals surface area contributed by atoms with E-state index in [1.807, 2.05) is 0 Å². The van der Waals surface area contributed by atoms with Crippen LogP contribution in [0.15, 0.2) is 29.2 Å². The van der Waals surface area contributed by atoms with E-state index in [1.165, 1.54) is 19.2 Å². The Bertz CT molecular complexity index is 629. The lowest BCUT2D eigenvalue weighted by Crippen LogP contribution is -2.24. The normalized spacial score (nSPS) is 19.5. The fourth-order valence-corrected chi connectivity index (χ4v) is 2.72. The van der Waals surface area contributed by atoms with Crippen LogP contribution in [0.3, 0.4) is 0 Å². The fourth-order valence-electron chi connectivity index (χ4n) is 1.99. The van der Waals surface area contributed by atoms with Gasteiger partial charge in [-0.2, -0.15) is 0 Å². The third-order valence-electron chi connectivity index (χ3n) is 3.09. The molecule has 0 radical (unpaired) electrons. The molecule has 19 heavy (non-hydrogen) atoms. The summed E-state index contributed by atoms with van der Waals surface area (Å²) >= 11 is 0. The van der Waals surface area contributed by atoms with Crippen LogP contribution in [0.4, 0.5) is 5.69 Å². The highest BCUT2D eigenvalue weighted by atomic mass is 32.2. The van der Waals surface area contributed by atoms with E-state index in [4.69, 9.17) is 6.42 Å². The summed E-state index contributed by atoms with van der Waals surface area (Å²) < 4.78 is 25.4. The molecule has 0 saturated carbocycles. The van der Waals surface area contributed by atoms with Gasteiger partial charge >= 0.3 is 0 Å². The number of nitrogens with zero attached hydrogens (tertiary/aromatic N) is 1. The number of hydrogen-bond acceptors (Lipinski definition) is 3. The summed E-state index contributed by atoms with van der Waals surface area (Å²) in [5.74, 6) is 2.46. The molecular weight excluding hydrogens is 264 g/mol. The van der Waals surface area contributed by atoms with Crippen LogP contribution in [0.2, 0.25) is 0 Å². The summed E-state index contributed by atoms with van der Waals surface area (Å²) in [6, 6.07) is 6.16. The van der Waals surface area contributed by atoms with Gasteiger partial charge in [0, 0.05) is 24.6 Å². The summed E-state index contributed by atoms with van der Waals surface area (Å²) in [5, 5.41) is 0. The highest BCUT2D eigenvalue weighted by Crippen LogP contribution is 2.25. The Hall–Kier alpha value is -1.84. The average molecular weight is 278 g/mol. The summed E-state index contributed by atoms with van der Waals surface area (Å²) in [6.07, 6.45) is 5.66. The van der Waals surface area contributed by atoms with E-state index in [2.05, 4.69) is 10.6 Å². The topological polar surface area (TPSA) is 66.5 Å². The third-order valence-corrected chi connectivity index (χ3v) is 4.52. The maximum Gasteiger partial charge on any atom is 0.240 e. The molecule has 1 aromatic carbocycles. The smallest absolute Gasteiger partial charge is 0.240 e. The van der Waals surface area contributed by atoms with Crippen molar-refractivity contribution in [3.05, 3.63) is 24.3 Å². The highest BCUT2D eigenvalue weighted by molar-refractivity contribution is 7.89. The van der Waals surface area contributed by atoms with Crippen LogP contribution in [-0.2, 0) is 14.8 Å². The number of sulfonamides is 1. The minimum atomic E-state index is -3.45. The van der Waals surface area contributed by atoms with Crippen molar-refractivity contribution in [1.82, 2.24) is 4.72 Å². The van der Waals surface area contributed by atoms with Crippen molar-refractivity contribution < 1.29 is 13.2 Å². The molecule has 5 nitrogen and oxygen atoms in total. The van der Waals surface area contributed by atoms with Gasteiger partial charge in [-0.15, -0.1) is 12.3 Å². The maximum atomic E-state index is 11.8. The molecule has 1 heterocycles. The molecule has 1 N–H and O–H groups in total. The molecule has 1 aliphatic rings. The van der Waals surface area contributed by atoms with Gasteiger partial charge in [-0.3, -0.25) is 4.79 Å². The fraction of sp³-hybridized carbons (Fsp3) is 0.308. The second kappa shape index (κ2) is 5.03. The van der Waals surface area contributed by atoms with Gasteiger partial charge < -0.3 is 4.90 Å². The molecular formula is C13H14N2O3S. The standard InChI is InChI=1S/C13H14N2O3S/c1-3-10-8-13(16)15(9-10)11-4-6-12(7-5-11)19(17,18)14-2/h1,4-7,10,14H,8-9H2,2H3. The minimum absolute atomic E-state index is 0.0350. The number of anilines is 1. The number of nitrogens with one attached hydrogen (secondary N) is 1. The molecule has 100 valence electrons. The first kappa shape index (κ1) is 13.6. The zero-order valence-electron chi connectivity index (χ0n) is 10.5. The van der Waals surface area contributed by atoms with Gasteiger partial charge in [-0.05, 0) is 31.3 Å². The number of hydrogen-bond donors (Lipinski definition) is 1.